The van der Waals surface area contributed by atoms with Gasteiger partial charge in [-0.25, -0.2) is 4.79 Å². The smallest absolute Gasteiger partial charge is 0.420 e. The van der Waals surface area contributed by atoms with Gasteiger partial charge in [0.1, 0.15) is 17.4 Å². The number of nitrogens with zero attached hydrogens (tertiary/aromatic N) is 2. The standard InChI is InChI=1S/C22H36ClN3O3S/c1-22(2,3)29-21(27)26(5)30-17-19-9-6-8-18(11-12-19)16-28-15-7-10-20(23)25-14-13-24-4/h6-8,11,15,19,24H,9-10,12-14,16-17H2,1-5H3/t19-/m0/s1. The normalized spacial score (nSPS) is 17.6. The Balaban J connectivity index is 2.32. The van der Waals surface area contributed by atoms with Crippen LogP contribution in [0.4, 0.5) is 4.79 Å². The minimum Gasteiger partial charge on any atom is -0.497 e. The van der Waals surface area contributed by atoms with Crippen molar-refractivity contribution in [1.29, 1.82) is 0 Å². The van der Waals surface area contributed by atoms with Crippen LogP contribution in [-0.4, -0.2) is 60.7 Å². The van der Waals surface area contributed by atoms with Crippen LogP contribution in [0.2, 0.25) is 0 Å². The van der Waals surface area contributed by atoms with Gasteiger partial charge in [0.25, 0.3) is 0 Å². The van der Waals surface area contributed by atoms with Crippen molar-refractivity contribution in [3.63, 3.8) is 0 Å². The summed E-state index contributed by atoms with van der Waals surface area (Å²) in [5.41, 5.74) is 0.676. The van der Waals surface area contributed by atoms with Crippen molar-refractivity contribution in [2.75, 3.05) is 39.5 Å². The number of hydrogen-bond donors (Lipinski definition) is 1. The molecule has 0 heterocycles. The fourth-order valence-electron chi connectivity index (χ4n) is 2.44. The molecule has 1 rings (SSSR count). The van der Waals surface area contributed by atoms with E-state index in [-0.39, 0.29) is 6.09 Å². The van der Waals surface area contributed by atoms with Crippen LogP contribution in [0.3, 0.4) is 0 Å². The second kappa shape index (κ2) is 14.5. The summed E-state index contributed by atoms with van der Waals surface area (Å²) in [5.74, 6) is 1.33. The van der Waals surface area contributed by atoms with Gasteiger partial charge < -0.3 is 14.8 Å². The van der Waals surface area contributed by atoms with E-state index in [2.05, 4.69) is 28.5 Å². The molecule has 0 saturated heterocycles. The summed E-state index contributed by atoms with van der Waals surface area (Å²) in [4.78, 5) is 16.3. The third-order valence-corrected chi connectivity index (χ3v) is 5.47. The maximum Gasteiger partial charge on any atom is 0.420 e. The van der Waals surface area contributed by atoms with Crippen LogP contribution in [-0.2, 0) is 9.47 Å². The lowest BCUT2D eigenvalue weighted by Crippen LogP contribution is -2.31. The van der Waals surface area contributed by atoms with Gasteiger partial charge in [-0.3, -0.25) is 9.30 Å². The molecule has 0 aromatic rings. The maximum absolute atomic E-state index is 12.0. The topological polar surface area (TPSA) is 63.2 Å². The van der Waals surface area contributed by atoms with Crippen LogP contribution in [0.25, 0.3) is 0 Å². The number of likely N-dealkylation sites (N-methyl/N-ethyl adjacent to an activating group) is 1. The molecule has 170 valence electrons. The Labute approximate surface area is 190 Å². The predicted octanol–water partition coefficient (Wildman–Crippen LogP) is 5.17. The third-order valence-electron chi connectivity index (χ3n) is 4.04. The largest absolute Gasteiger partial charge is 0.497 e. The summed E-state index contributed by atoms with van der Waals surface area (Å²) in [7, 11) is 3.64. The summed E-state index contributed by atoms with van der Waals surface area (Å²) in [6.45, 7) is 7.63. The zero-order valence-corrected chi connectivity index (χ0v) is 20.4. The van der Waals surface area contributed by atoms with Gasteiger partial charge in [-0.05, 0) is 70.2 Å². The van der Waals surface area contributed by atoms with Crippen molar-refractivity contribution in [3.05, 3.63) is 36.1 Å². The molecule has 0 fully saturated rings. The lowest BCUT2D eigenvalue weighted by molar-refractivity contribution is 0.0432. The van der Waals surface area contributed by atoms with Crippen molar-refractivity contribution in [2.45, 2.75) is 45.6 Å². The number of halogens is 1. The van der Waals surface area contributed by atoms with E-state index in [1.807, 2.05) is 33.9 Å². The second-order valence-corrected chi connectivity index (χ2v) is 9.62. The molecule has 1 atom stereocenters. The molecule has 0 saturated carbocycles. The first-order chi connectivity index (χ1) is 14.2. The summed E-state index contributed by atoms with van der Waals surface area (Å²) in [6, 6.07) is 0. The number of ether oxygens (including phenoxy) is 2. The highest BCUT2D eigenvalue weighted by Gasteiger charge is 2.21. The van der Waals surface area contributed by atoms with Crippen molar-refractivity contribution < 1.29 is 14.3 Å². The van der Waals surface area contributed by atoms with E-state index < -0.39 is 5.60 Å². The molecule has 0 radical (unpaired) electrons. The molecule has 8 heteroatoms. The van der Waals surface area contributed by atoms with Crippen LogP contribution in [0, 0.1) is 5.92 Å². The van der Waals surface area contributed by atoms with Crippen molar-refractivity contribution in [1.82, 2.24) is 9.62 Å². The maximum atomic E-state index is 12.0. The average Bonchev–Trinajstić information content (AvgIpc) is 2.90. The third kappa shape index (κ3) is 13.0. The monoisotopic (exact) mass is 457 g/mol. The highest BCUT2D eigenvalue weighted by molar-refractivity contribution is 7.97. The molecule has 1 N–H and O–H groups in total. The number of aliphatic imine (C=N–C) groups is 1. The first kappa shape index (κ1) is 26.6. The second-order valence-electron chi connectivity index (χ2n) is 8.04. The number of rotatable bonds is 11. The van der Waals surface area contributed by atoms with Crippen LogP contribution < -0.4 is 5.32 Å². The van der Waals surface area contributed by atoms with Crippen LogP contribution >= 0.6 is 23.5 Å². The minimum absolute atomic E-state index is 0.305. The van der Waals surface area contributed by atoms with E-state index in [1.54, 1.807) is 17.6 Å². The molecule has 1 aliphatic carbocycles. The summed E-state index contributed by atoms with van der Waals surface area (Å²) in [6.07, 6.45) is 12.3. The number of nitrogens with one attached hydrogen (secondary N) is 1. The predicted molar refractivity (Wildman–Crippen MR) is 128 cm³/mol. The summed E-state index contributed by atoms with van der Waals surface area (Å²) < 4.78 is 12.6. The fourth-order valence-corrected chi connectivity index (χ4v) is 3.47. The van der Waals surface area contributed by atoms with Crippen molar-refractivity contribution >= 4 is 34.8 Å². The van der Waals surface area contributed by atoms with Crippen molar-refractivity contribution in [2.24, 2.45) is 10.9 Å². The molecule has 0 aromatic carbocycles. The van der Waals surface area contributed by atoms with E-state index >= 15 is 0 Å². The summed E-state index contributed by atoms with van der Waals surface area (Å²) >= 11 is 7.55. The molecule has 0 bridgehead atoms. The average molecular weight is 458 g/mol. The van der Waals surface area contributed by atoms with Gasteiger partial charge in [-0.15, -0.1) is 0 Å². The molecule has 30 heavy (non-hydrogen) atoms. The molecule has 1 amide bonds. The van der Waals surface area contributed by atoms with E-state index in [1.165, 1.54) is 11.9 Å². The molecular weight excluding hydrogens is 422 g/mol. The van der Waals surface area contributed by atoms with Gasteiger partial charge in [0, 0.05) is 25.8 Å². The first-order valence-corrected chi connectivity index (χ1v) is 11.6. The van der Waals surface area contributed by atoms with E-state index in [0.717, 1.165) is 30.7 Å². The Bertz CT molecular complexity index is 642. The molecule has 0 unspecified atom stereocenters. The SMILES string of the molecule is CNCCN=C(Cl)CC=COCC1=CC[C@@H](CSN(C)C(=O)OC(C)(C)C)CC=C1. The zero-order chi connectivity index (χ0) is 22.4. The lowest BCUT2D eigenvalue weighted by Gasteiger charge is -2.24. The Morgan fingerprint density at radius 3 is 2.90 bits per heavy atom. The lowest BCUT2D eigenvalue weighted by atomic mass is 10.1. The van der Waals surface area contributed by atoms with Gasteiger partial charge in [0.15, 0.2) is 0 Å². The number of carbonyl (C=O) groups excluding carboxylic acids is 1. The van der Waals surface area contributed by atoms with Gasteiger partial charge in [0.05, 0.1) is 12.8 Å². The van der Waals surface area contributed by atoms with Crippen LogP contribution in [0.1, 0.15) is 40.0 Å². The number of hydrogen-bond acceptors (Lipinski definition) is 6. The summed E-state index contributed by atoms with van der Waals surface area (Å²) in [5, 5.41) is 3.60. The number of allylic oxidation sites excluding steroid dienone is 3. The van der Waals surface area contributed by atoms with E-state index in [4.69, 9.17) is 21.1 Å². The quantitative estimate of drug-likeness (QED) is 0.200. The van der Waals surface area contributed by atoms with Crippen molar-refractivity contribution in [3.8, 4) is 0 Å². The molecule has 6 nitrogen and oxygen atoms in total. The van der Waals surface area contributed by atoms with Gasteiger partial charge >= 0.3 is 6.09 Å². The molecule has 1 aliphatic rings. The van der Waals surface area contributed by atoms with Crippen LogP contribution in [0.5, 0.6) is 0 Å². The number of amides is 1. The minimum atomic E-state index is -0.478. The van der Waals surface area contributed by atoms with E-state index in [0.29, 0.717) is 30.7 Å². The Morgan fingerprint density at radius 2 is 2.20 bits per heavy atom. The van der Waals surface area contributed by atoms with Crippen LogP contribution in [0.15, 0.2) is 41.1 Å². The van der Waals surface area contributed by atoms with Gasteiger partial charge in [-0.1, -0.05) is 29.8 Å². The van der Waals surface area contributed by atoms with E-state index in [9.17, 15) is 4.79 Å². The zero-order valence-electron chi connectivity index (χ0n) is 18.8. The highest BCUT2D eigenvalue weighted by atomic mass is 35.5. The Kier molecular flexibility index (Phi) is 12.9. The molecule has 0 aliphatic heterocycles. The molecule has 0 spiro atoms. The number of carbonyl (C=O) groups is 1. The Hall–Kier alpha value is -1.44. The fraction of sp³-hybridized carbons (Fsp3) is 0.636. The Morgan fingerprint density at radius 1 is 1.43 bits per heavy atom. The first-order valence-electron chi connectivity index (χ1n) is 10.3. The molecular formula is C22H36ClN3O3S. The highest BCUT2D eigenvalue weighted by Crippen LogP contribution is 2.24. The molecule has 0 aromatic heterocycles. The van der Waals surface area contributed by atoms with Gasteiger partial charge in [0.2, 0.25) is 0 Å². The van der Waals surface area contributed by atoms with Gasteiger partial charge in [-0.2, -0.15) is 0 Å².